The van der Waals surface area contributed by atoms with E-state index < -0.39 is 8.32 Å². The van der Waals surface area contributed by atoms with Crippen LogP contribution in [0.1, 0.15) is 55.4 Å². The highest BCUT2D eigenvalue weighted by molar-refractivity contribution is 6.81. The fourth-order valence-corrected chi connectivity index (χ4v) is 11.6. The third-order valence-corrected chi connectivity index (χ3v) is 11.5. The zero-order valence-corrected chi connectivity index (χ0v) is 14.0. The molecular weight excluding hydrogens is 228 g/mol. The summed E-state index contributed by atoms with van der Waals surface area (Å²) in [4.78, 5) is 0. The van der Waals surface area contributed by atoms with Crippen molar-refractivity contribution in [2.24, 2.45) is 5.92 Å². The van der Waals surface area contributed by atoms with Crippen molar-refractivity contribution in [1.29, 1.82) is 0 Å². The largest absolute Gasteiger partial charge is 0.391 e. The molecule has 102 valence electrons. The minimum absolute atomic E-state index is 0.0184. The smallest absolute Gasteiger partial charge is 0.210 e. The summed E-state index contributed by atoms with van der Waals surface area (Å²) in [5.74, 6) is 0.491. The average molecular weight is 258 g/mol. The van der Waals surface area contributed by atoms with Gasteiger partial charge in [0.1, 0.15) is 6.29 Å². The van der Waals surface area contributed by atoms with Gasteiger partial charge in [0.15, 0.2) is 0 Å². The Bertz CT molecular complexity index is 261. The van der Waals surface area contributed by atoms with Gasteiger partial charge >= 0.3 is 0 Å². The van der Waals surface area contributed by atoms with Crippen molar-refractivity contribution in [3.05, 3.63) is 0 Å². The van der Waals surface area contributed by atoms with E-state index >= 15 is 0 Å². The van der Waals surface area contributed by atoms with E-state index in [4.69, 9.17) is 9.16 Å². The molecule has 1 aliphatic heterocycles. The van der Waals surface area contributed by atoms with Crippen LogP contribution >= 0.6 is 0 Å². The van der Waals surface area contributed by atoms with Crippen LogP contribution in [0, 0.1) is 5.92 Å². The van der Waals surface area contributed by atoms with Crippen LogP contribution in [-0.2, 0) is 9.16 Å². The summed E-state index contributed by atoms with van der Waals surface area (Å²) >= 11 is 0. The lowest BCUT2D eigenvalue weighted by Crippen LogP contribution is -2.55. The second kappa shape index (κ2) is 4.36. The van der Waals surface area contributed by atoms with Gasteiger partial charge in [-0.15, -0.1) is 0 Å². The van der Waals surface area contributed by atoms with Crippen LogP contribution in [-0.4, -0.2) is 21.7 Å². The summed E-state index contributed by atoms with van der Waals surface area (Å²) < 4.78 is 12.1. The van der Waals surface area contributed by atoms with Crippen molar-refractivity contribution < 1.29 is 9.16 Å². The Morgan fingerprint density at radius 3 is 1.53 bits per heavy atom. The predicted molar refractivity (Wildman–Crippen MR) is 75.7 cm³/mol. The number of ether oxygens (including phenoxy) is 1. The highest BCUT2D eigenvalue weighted by atomic mass is 28.4. The van der Waals surface area contributed by atoms with Crippen LogP contribution in [0.5, 0.6) is 0 Å². The van der Waals surface area contributed by atoms with E-state index in [9.17, 15) is 0 Å². The maximum Gasteiger partial charge on any atom is 0.210 e. The molecule has 0 radical (unpaired) electrons. The summed E-state index contributed by atoms with van der Waals surface area (Å²) in [5, 5.41) is 0.457. The summed E-state index contributed by atoms with van der Waals surface area (Å²) in [7, 11) is -0.143. The standard InChI is InChI=1S/C14H30O2Si/c1-10-11(2)17(13(3,4)5,14(6,7)8)16-12(10)15-9/h10-12H,1-9H3/t10-,11-,12-/m1/s1. The first-order valence-electron chi connectivity index (χ1n) is 6.69. The van der Waals surface area contributed by atoms with Crippen molar-refractivity contribution in [3.63, 3.8) is 0 Å². The molecule has 0 unspecified atom stereocenters. The summed E-state index contributed by atoms with van der Waals surface area (Å²) in [6.45, 7) is 18.7. The van der Waals surface area contributed by atoms with Crippen molar-refractivity contribution in [2.45, 2.75) is 77.3 Å². The Balaban J connectivity index is 3.28. The second-order valence-electron chi connectivity index (χ2n) is 7.61. The summed E-state index contributed by atoms with van der Waals surface area (Å²) in [6.07, 6.45) is -0.0184. The summed E-state index contributed by atoms with van der Waals surface area (Å²) in [6, 6.07) is 0. The fourth-order valence-electron chi connectivity index (χ4n) is 4.11. The van der Waals surface area contributed by atoms with E-state index in [0.717, 1.165) is 0 Å². The van der Waals surface area contributed by atoms with Crippen molar-refractivity contribution in [1.82, 2.24) is 0 Å². The molecule has 1 heterocycles. The molecule has 0 bridgehead atoms. The third kappa shape index (κ3) is 2.11. The monoisotopic (exact) mass is 258 g/mol. The molecule has 1 saturated heterocycles. The molecule has 0 spiro atoms. The Morgan fingerprint density at radius 2 is 1.35 bits per heavy atom. The highest BCUT2D eigenvalue weighted by Gasteiger charge is 2.65. The van der Waals surface area contributed by atoms with Crippen molar-refractivity contribution in [2.75, 3.05) is 7.11 Å². The zero-order valence-electron chi connectivity index (χ0n) is 13.0. The van der Waals surface area contributed by atoms with E-state index in [1.54, 1.807) is 7.11 Å². The maximum atomic E-state index is 6.57. The molecule has 3 heteroatoms. The van der Waals surface area contributed by atoms with Gasteiger partial charge in [-0.1, -0.05) is 55.4 Å². The van der Waals surface area contributed by atoms with E-state index in [2.05, 4.69) is 55.4 Å². The molecule has 0 aromatic rings. The Labute approximate surface area is 108 Å². The zero-order chi connectivity index (χ0) is 13.6. The molecule has 0 aromatic carbocycles. The van der Waals surface area contributed by atoms with Gasteiger partial charge in [0, 0.05) is 13.0 Å². The summed E-state index contributed by atoms with van der Waals surface area (Å²) in [5.41, 5.74) is 0.618. The number of hydrogen-bond acceptors (Lipinski definition) is 2. The lowest BCUT2D eigenvalue weighted by molar-refractivity contribution is -0.0747. The number of rotatable bonds is 1. The van der Waals surface area contributed by atoms with E-state index in [1.807, 2.05) is 0 Å². The van der Waals surface area contributed by atoms with Gasteiger partial charge < -0.3 is 9.16 Å². The molecule has 0 saturated carbocycles. The topological polar surface area (TPSA) is 18.5 Å². The molecule has 1 fully saturated rings. The van der Waals surface area contributed by atoms with Gasteiger partial charge in [-0.2, -0.15) is 0 Å². The van der Waals surface area contributed by atoms with Crippen molar-refractivity contribution >= 4 is 8.32 Å². The molecule has 0 amide bonds. The van der Waals surface area contributed by atoms with Gasteiger partial charge in [0.2, 0.25) is 8.32 Å². The number of methoxy groups -OCH3 is 1. The Morgan fingerprint density at radius 1 is 0.941 bits per heavy atom. The molecule has 0 aromatic heterocycles. The molecule has 2 nitrogen and oxygen atoms in total. The first-order chi connectivity index (χ1) is 7.49. The van der Waals surface area contributed by atoms with E-state index in [0.29, 0.717) is 11.5 Å². The Hall–Kier alpha value is 0.137. The van der Waals surface area contributed by atoms with Gasteiger partial charge in [-0.05, 0) is 15.6 Å². The molecule has 0 N–H and O–H groups in total. The molecule has 17 heavy (non-hydrogen) atoms. The van der Waals surface area contributed by atoms with Crippen LogP contribution in [0.3, 0.4) is 0 Å². The van der Waals surface area contributed by atoms with Crippen LogP contribution in [0.15, 0.2) is 0 Å². The van der Waals surface area contributed by atoms with Gasteiger partial charge in [0.25, 0.3) is 0 Å². The highest BCUT2D eigenvalue weighted by Crippen LogP contribution is 2.63. The molecule has 1 rings (SSSR count). The SMILES string of the molecule is CO[C@@H]1O[Si](C(C)(C)C)(C(C)(C)C)[C@H](C)[C@H]1C. The lowest BCUT2D eigenvalue weighted by Gasteiger charge is -2.50. The molecule has 0 aliphatic carbocycles. The molecular formula is C14H30O2Si. The van der Waals surface area contributed by atoms with Crippen LogP contribution < -0.4 is 0 Å². The van der Waals surface area contributed by atoms with Crippen LogP contribution in [0.4, 0.5) is 0 Å². The number of hydrogen-bond donors (Lipinski definition) is 0. The van der Waals surface area contributed by atoms with Crippen LogP contribution in [0.2, 0.25) is 15.6 Å². The average Bonchev–Trinajstić information content (AvgIpc) is 2.39. The van der Waals surface area contributed by atoms with E-state index in [1.165, 1.54) is 0 Å². The Kier molecular flexibility index (Phi) is 3.89. The quantitative estimate of drug-likeness (QED) is 0.642. The van der Waals surface area contributed by atoms with Gasteiger partial charge in [-0.3, -0.25) is 0 Å². The van der Waals surface area contributed by atoms with E-state index in [-0.39, 0.29) is 16.4 Å². The second-order valence-corrected chi connectivity index (χ2v) is 13.2. The molecule has 1 aliphatic rings. The predicted octanol–water partition coefficient (Wildman–Crippen LogP) is 4.56. The third-order valence-electron chi connectivity index (χ3n) is 4.62. The maximum absolute atomic E-state index is 6.57. The van der Waals surface area contributed by atoms with Gasteiger partial charge in [0.05, 0.1) is 0 Å². The fraction of sp³-hybridized carbons (Fsp3) is 1.00. The normalized spacial score (nSPS) is 34.1. The minimum atomic E-state index is -1.91. The minimum Gasteiger partial charge on any atom is -0.391 e. The van der Waals surface area contributed by atoms with Crippen LogP contribution in [0.25, 0.3) is 0 Å². The van der Waals surface area contributed by atoms with Gasteiger partial charge in [-0.25, -0.2) is 0 Å². The van der Waals surface area contributed by atoms with Crippen molar-refractivity contribution in [3.8, 4) is 0 Å². The lowest BCUT2D eigenvalue weighted by atomic mass is 10.1. The first-order valence-corrected chi connectivity index (χ1v) is 8.68. The first kappa shape index (κ1) is 15.2. The molecule has 3 atom stereocenters.